The van der Waals surface area contributed by atoms with Crippen LogP contribution in [0.1, 0.15) is 13.3 Å². The lowest BCUT2D eigenvalue weighted by Gasteiger charge is -2.25. The van der Waals surface area contributed by atoms with Gasteiger partial charge in [-0.2, -0.15) is 0 Å². The smallest absolute Gasteiger partial charge is 0.264 e. The first-order valence-electron chi connectivity index (χ1n) is 7.98. The summed E-state index contributed by atoms with van der Waals surface area (Å²) >= 11 is 0. The van der Waals surface area contributed by atoms with Crippen molar-refractivity contribution >= 4 is 21.6 Å². The highest BCUT2D eigenvalue weighted by Crippen LogP contribution is 2.31. The minimum atomic E-state index is -3.91. The minimum absolute atomic E-state index is 0.115. The Morgan fingerprint density at radius 1 is 1.08 bits per heavy atom. The van der Waals surface area contributed by atoms with Crippen molar-refractivity contribution < 1.29 is 17.9 Å². The molecule has 2 aromatic rings. The lowest BCUT2D eigenvalue weighted by molar-refractivity contribution is -0.119. The van der Waals surface area contributed by atoms with E-state index in [1.54, 1.807) is 42.5 Å². The second-order valence-corrected chi connectivity index (χ2v) is 7.21. The molecule has 0 aliphatic rings. The summed E-state index contributed by atoms with van der Waals surface area (Å²) < 4.78 is 32.6. The van der Waals surface area contributed by atoms with Gasteiger partial charge in [0.2, 0.25) is 5.91 Å². The molecule has 0 aromatic heterocycles. The molecule has 6 nitrogen and oxygen atoms in total. The van der Waals surface area contributed by atoms with Gasteiger partial charge in [0, 0.05) is 6.54 Å². The predicted molar refractivity (Wildman–Crippen MR) is 97.3 cm³/mol. The monoisotopic (exact) mass is 362 g/mol. The molecule has 0 fully saturated rings. The van der Waals surface area contributed by atoms with Crippen molar-refractivity contribution in [3.05, 3.63) is 54.6 Å². The number of methoxy groups -OCH3 is 1. The van der Waals surface area contributed by atoms with E-state index in [-0.39, 0.29) is 17.3 Å². The first-order valence-corrected chi connectivity index (χ1v) is 9.42. The third-order valence-corrected chi connectivity index (χ3v) is 5.32. The van der Waals surface area contributed by atoms with Gasteiger partial charge in [0.05, 0.1) is 17.7 Å². The minimum Gasteiger partial charge on any atom is -0.495 e. The second-order valence-electron chi connectivity index (χ2n) is 5.35. The molecule has 2 rings (SSSR count). The van der Waals surface area contributed by atoms with Crippen LogP contribution in [0, 0.1) is 0 Å². The Kier molecular flexibility index (Phi) is 6.41. The van der Waals surface area contributed by atoms with E-state index < -0.39 is 10.0 Å². The lowest BCUT2D eigenvalue weighted by atomic mass is 10.3. The summed E-state index contributed by atoms with van der Waals surface area (Å²) in [5.41, 5.74) is 0.320. The van der Waals surface area contributed by atoms with Gasteiger partial charge in [-0.3, -0.25) is 9.10 Å². The number of amides is 1. The van der Waals surface area contributed by atoms with Crippen LogP contribution in [-0.4, -0.2) is 34.5 Å². The molecule has 0 bridgehead atoms. The molecule has 0 atom stereocenters. The van der Waals surface area contributed by atoms with Gasteiger partial charge in [-0.25, -0.2) is 8.42 Å². The van der Waals surface area contributed by atoms with Gasteiger partial charge in [-0.05, 0) is 30.7 Å². The summed E-state index contributed by atoms with van der Waals surface area (Å²) in [5, 5.41) is 2.71. The van der Waals surface area contributed by atoms with Crippen LogP contribution in [0.3, 0.4) is 0 Å². The van der Waals surface area contributed by atoms with E-state index >= 15 is 0 Å². The average molecular weight is 362 g/mol. The molecule has 0 spiro atoms. The van der Waals surface area contributed by atoms with E-state index in [0.29, 0.717) is 18.0 Å². The topological polar surface area (TPSA) is 75.7 Å². The maximum absolute atomic E-state index is 13.1. The fraction of sp³-hybridized carbons (Fsp3) is 0.278. The maximum Gasteiger partial charge on any atom is 0.264 e. The Hall–Kier alpha value is -2.54. The molecule has 7 heteroatoms. The summed E-state index contributed by atoms with van der Waals surface area (Å²) in [6, 6.07) is 14.8. The largest absolute Gasteiger partial charge is 0.495 e. The van der Waals surface area contributed by atoms with Gasteiger partial charge in [0.25, 0.3) is 10.0 Å². The van der Waals surface area contributed by atoms with Crippen molar-refractivity contribution in [1.29, 1.82) is 0 Å². The molecule has 0 saturated heterocycles. The number of para-hydroxylation sites is 2. The first-order chi connectivity index (χ1) is 12.0. The number of carbonyl (C=O) groups is 1. The zero-order valence-electron chi connectivity index (χ0n) is 14.3. The lowest BCUT2D eigenvalue weighted by Crippen LogP contribution is -2.41. The van der Waals surface area contributed by atoms with Gasteiger partial charge in [-0.1, -0.05) is 37.3 Å². The van der Waals surface area contributed by atoms with Crippen LogP contribution in [0.15, 0.2) is 59.5 Å². The van der Waals surface area contributed by atoms with E-state index in [1.165, 1.54) is 19.2 Å². The zero-order valence-corrected chi connectivity index (χ0v) is 15.1. The number of hydrogen-bond acceptors (Lipinski definition) is 4. The molecule has 0 aliphatic heterocycles. The van der Waals surface area contributed by atoms with Crippen LogP contribution in [0.2, 0.25) is 0 Å². The van der Waals surface area contributed by atoms with Gasteiger partial charge in [0.1, 0.15) is 12.3 Å². The number of anilines is 1. The van der Waals surface area contributed by atoms with Crippen molar-refractivity contribution in [3.63, 3.8) is 0 Å². The summed E-state index contributed by atoms with van der Waals surface area (Å²) in [6.45, 7) is 2.10. The van der Waals surface area contributed by atoms with E-state index in [0.717, 1.165) is 10.7 Å². The van der Waals surface area contributed by atoms with E-state index in [9.17, 15) is 13.2 Å². The number of nitrogens with one attached hydrogen (secondary N) is 1. The van der Waals surface area contributed by atoms with E-state index in [2.05, 4.69) is 5.32 Å². The molecular formula is C18H22N2O4S. The third-order valence-electron chi connectivity index (χ3n) is 3.54. The Morgan fingerprint density at radius 2 is 1.72 bits per heavy atom. The van der Waals surface area contributed by atoms with Crippen molar-refractivity contribution in [3.8, 4) is 5.75 Å². The summed E-state index contributed by atoms with van der Waals surface area (Å²) in [6.07, 6.45) is 0.770. The molecule has 134 valence electrons. The SMILES string of the molecule is CCCNC(=O)CN(c1ccccc1OC)S(=O)(=O)c1ccccc1. The Labute approximate surface area is 148 Å². The van der Waals surface area contributed by atoms with Crippen LogP contribution in [-0.2, 0) is 14.8 Å². The molecular weight excluding hydrogens is 340 g/mol. The fourth-order valence-electron chi connectivity index (χ4n) is 2.31. The highest BCUT2D eigenvalue weighted by atomic mass is 32.2. The van der Waals surface area contributed by atoms with E-state index in [1.807, 2.05) is 6.92 Å². The van der Waals surface area contributed by atoms with Crippen molar-refractivity contribution in [2.24, 2.45) is 0 Å². The highest BCUT2D eigenvalue weighted by molar-refractivity contribution is 7.92. The highest BCUT2D eigenvalue weighted by Gasteiger charge is 2.28. The number of ether oxygens (including phenoxy) is 1. The third kappa shape index (κ3) is 4.51. The Bertz CT molecular complexity index is 807. The van der Waals surface area contributed by atoms with Crippen molar-refractivity contribution in [2.75, 3.05) is 24.5 Å². The van der Waals surface area contributed by atoms with Gasteiger partial charge in [-0.15, -0.1) is 0 Å². The number of nitrogens with zero attached hydrogens (tertiary/aromatic N) is 1. The molecule has 0 radical (unpaired) electrons. The fourth-order valence-corrected chi connectivity index (χ4v) is 3.76. The van der Waals surface area contributed by atoms with Gasteiger partial charge < -0.3 is 10.1 Å². The van der Waals surface area contributed by atoms with Crippen LogP contribution in [0.25, 0.3) is 0 Å². The maximum atomic E-state index is 13.1. The predicted octanol–water partition coefficient (Wildman–Crippen LogP) is 2.42. The normalized spacial score (nSPS) is 11.0. The first kappa shape index (κ1) is 18.8. The number of sulfonamides is 1. The zero-order chi connectivity index (χ0) is 18.3. The van der Waals surface area contributed by atoms with Crippen LogP contribution < -0.4 is 14.4 Å². The summed E-state index contributed by atoms with van der Waals surface area (Å²) in [7, 11) is -2.45. The van der Waals surface area contributed by atoms with Crippen LogP contribution >= 0.6 is 0 Å². The van der Waals surface area contributed by atoms with Crippen molar-refractivity contribution in [2.45, 2.75) is 18.2 Å². The van der Waals surface area contributed by atoms with Crippen LogP contribution in [0.4, 0.5) is 5.69 Å². The molecule has 1 N–H and O–H groups in total. The second kappa shape index (κ2) is 8.53. The molecule has 0 aliphatic carbocycles. The number of rotatable bonds is 8. The van der Waals surface area contributed by atoms with Crippen molar-refractivity contribution in [1.82, 2.24) is 5.32 Å². The number of benzene rings is 2. The quantitative estimate of drug-likeness (QED) is 0.782. The molecule has 0 saturated carbocycles. The van der Waals surface area contributed by atoms with E-state index in [4.69, 9.17) is 4.74 Å². The molecule has 1 amide bonds. The Balaban J connectivity index is 2.47. The molecule has 0 unspecified atom stereocenters. The van der Waals surface area contributed by atoms with Gasteiger partial charge in [0.15, 0.2) is 0 Å². The molecule has 25 heavy (non-hydrogen) atoms. The molecule has 0 heterocycles. The standard InChI is InChI=1S/C18H22N2O4S/c1-3-13-19-18(21)14-20(16-11-7-8-12-17(16)24-2)25(22,23)15-9-5-4-6-10-15/h4-12H,3,13-14H2,1-2H3,(H,19,21). The molecule has 2 aromatic carbocycles. The van der Waals surface area contributed by atoms with Crippen LogP contribution in [0.5, 0.6) is 5.75 Å². The Morgan fingerprint density at radius 3 is 2.36 bits per heavy atom. The average Bonchev–Trinajstić information content (AvgIpc) is 2.65. The number of carbonyl (C=O) groups excluding carboxylic acids is 1. The summed E-state index contributed by atoms with van der Waals surface area (Å²) in [5.74, 6) is 0.0116. The van der Waals surface area contributed by atoms with Gasteiger partial charge >= 0.3 is 0 Å². The number of hydrogen-bond donors (Lipinski definition) is 1. The summed E-state index contributed by atoms with van der Waals surface area (Å²) in [4.78, 5) is 12.3.